The van der Waals surface area contributed by atoms with E-state index in [1.807, 2.05) is 13.8 Å². The molecule has 2 N–H and O–H groups in total. The van der Waals surface area contributed by atoms with Crippen molar-refractivity contribution >= 4 is 5.69 Å². The minimum atomic E-state index is -0.476. The highest BCUT2D eigenvalue weighted by Crippen LogP contribution is 2.24. The van der Waals surface area contributed by atoms with Crippen LogP contribution in [0.3, 0.4) is 0 Å². The van der Waals surface area contributed by atoms with Crippen molar-refractivity contribution in [2.24, 2.45) is 5.73 Å². The van der Waals surface area contributed by atoms with Crippen molar-refractivity contribution in [3.63, 3.8) is 0 Å². The van der Waals surface area contributed by atoms with Gasteiger partial charge in [0, 0.05) is 30.2 Å². The van der Waals surface area contributed by atoms with Crippen LogP contribution in [0.25, 0.3) is 0 Å². The van der Waals surface area contributed by atoms with Crippen LogP contribution in [0.1, 0.15) is 37.0 Å². The molecule has 2 rings (SSSR count). The summed E-state index contributed by atoms with van der Waals surface area (Å²) in [6.45, 7) is 4.14. The largest absolute Gasteiger partial charge is 0.483 e. The summed E-state index contributed by atoms with van der Waals surface area (Å²) in [6.07, 6.45) is 0. The first-order valence-corrected chi connectivity index (χ1v) is 6.44. The molecule has 0 radical (unpaired) electrons. The third-order valence-electron chi connectivity index (χ3n) is 2.83. The van der Waals surface area contributed by atoms with E-state index in [0.717, 1.165) is 0 Å². The molecule has 2 aromatic rings. The molecule has 0 bridgehead atoms. The first-order chi connectivity index (χ1) is 10.0. The lowest BCUT2D eigenvalue weighted by atomic mass is 10.2. The van der Waals surface area contributed by atoms with Crippen molar-refractivity contribution in [1.29, 1.82) is 0 Å². The van der Waals surface area contributed by atoms with E-state index in [1.165, 1.54) is 18.2 Å². The van der Waals surface area contributed by atoms with Crippen LogP contribution in [0.15, 0.2) is 22.7 Å². The summed E-state index contributed by atoms with van der Waals surface area (Å²) < 4.78 is 10.6. The number of aromatic nitrogens is 2. The minimum absolute atomic E-state index is 0.0253. The maximum Gasteiger partial charge on any atom is 0.270 e. The Balaban J connectivity index is 2.10. The van der Waals surface area contributed by atoms with Gasteiger partial charge >= 0.3 is 0 Å². The van der Waals surface area contributed by atoms with E-state index in [-0.39, 0.29) is 24.8 Å². The van der Waals surface area contributed by atoms with Gasteiger partial charge in [-0.2, -0.15) is 4.98 Å². The Bertz CT molecular complexity index is 639. The normalized spacial score (nSPS) is 10.9. The molecule has 1 heterocycles. The van der Waals surface area contributed by atoms with Gasteiger partial charge in [-0.1, -0.05) is 19.0 Å². The second-order valence-corrected chi connectivity index (χ2v) is 4.74. The molecule has 1 aromatic heterocycles. The molecule has 0 fully saturated rings. The van der Waals surface area contributed by atoms with Crippen LogP contribution in [-0.4, -0.2) is 15.1 Å². The molecule has 0 spiro atoms. The summed E-state index contributed by atoms with van der Waals surface area (Å²) in [5, 5.41) is 14.5. The molecule has 0 saturated heterocycles. The van der Waals surface area contributed by atoms with Crippen molar-refractivity contribution < 1.29 is 14.2 Å². The Labute approximate surface area is 121 Å². The number of hydrogen-bond donors (Lipinski definition) is 1. The quantitative estimate of drug-likeness (QED) is 0.640. The Morgan fingerprint density at radius 2 is 2.24 bits per heavy atom. The lowest BCUT2D eigenvalue weighted by Gasteiger charge is -2.08. The summed E-state index contributed by atoms with van der Waals surface area (Å²) in [4.78, 5) is 14.4. The number of rotatable bonds is 6. The van der Waals surface area contributed by atoms with E-state index in [4.69, 9.17) is 15.0 Å². The summed E-state index contributed by atoms with van der Waals surface area (Å²) in [7, 11) is 0. The zero-order valence-corrected chi connectivity index (χ0v) is 11.8. The summed E-state index contributed by atoms with van der Waals surface area (Å²) in [5.41, 5.74) is 6.10. The summed E-state index contributed by atoms with van der Waals surface area (Å²) in [5.74, 6) is 1.59. The van der Waals surface area contributed by atoms with Crippen molar-refractivity contribution in [2.75, 3.05) is 0 Å². The van der Waals surface area contributed by atoms with Gasteiger partial charge in [0.25, 0.3) is 11.6 Å². The van der Waals surface area contributed by atoms with Crippen molar-refractivity contribution in [1.82, 2.24) is 10.1 Å². The Kier molecular flexibility index (Phi) is 4.49. The molecule has 21 heavy (non-hydrogen) atoms. The first kappa shape index (κ1) is 14.9. The molecule has 1 aromatic carbocycles. The first-order valence-electron chi connectivity index (χ1n) is 6.44. The third kappa shape index (κ3) is 3.54. The van der Waals surface area contributed by atoms with Crippen LogP contribution < -0.4 is 10.5 Å². The highest BCUT2D eigenvalue weighted by Gasteiger charge is 2.13. The second-order valence-electron chi connectivity index (χ2n) is 4.74. The number of benzene rings is 1. The van der Waals surface area contributed by atoms with Gasteiger partial charge in [0.1, 0.15) is 5.75 Å². The average Bonchev–Trinajstić information content (AvgIpc) is 2.93. The molecular weight excluding hydrogens is 276 g/mol. The highest BCUT2D eigenvalue weighted by atomic mass is 16.6. The van der Waals surface area contributed by atoms with Gasteiger partial charge in [-0.25, -0.2) is 0 Å². The monoisotopic (exact) mass is 292 g/mol. The summed E-state index contributed by atoms with van der Waals surface area (Å²) >= 11 is 0. The van der Waals surface area contributed by atoms with E-state index in [1.54, 1.807) is 0 Å². The van der Waals surface area contributed by atoms with Gasteiger partial charge in [-0.05, 0) is 6.07 Å². The molecule has 0 unspecified atom stereocenters. The maximum atomic E-state index is 10.7. The zero-order chi connectivity index (χ0) is 15.4. The van der Waals surface area contributed by atoms with Gasteiger partial charge in [0.05, 0.1) is 4.92 Å². The molecule has 0 saturated carbocycles. The fourth-order valence-corrected chi connectivity index (χ4v) is 1.68. The standard InChI is InChI=1S/C13H16N4O4/c1-8(2)13-15-12(21-16-13)7-20-11-4-3-10(17(18)19)5-9(11)6-14/h3-5,8H,6-7,14H2,1-2H3. The molecule has 0 atom stereocenters. The third-order valence-corrected chi connectivity index (χ3v) is 2.83. The average molecular weight is 292 g/mol. The van der Waals surface area contributed by atoms with Crippen molar-refractivity contribution in [2.45, 2.75) is 32.9 Å². The molecule has 8 heteroatoms. The predicted molar refractivity (Wildman–Crippen MR) is 73.7 cm³/mol. The number of nitrogens with two attached hydrogens (primary N) is 1. The smallest absolute Gasteiger partial charge is 0.270 e. The molecule has 0 amide bonds. The van der Waals surface area contributed by atoms with E-state index >= 15 is 0 Å². The van der Waals surface area contributed by atoms with E-state index in [2.05, 4.69) is 10.1 Å². The van der Waals surface area contributed by atoms with Crippen LogP contribution in [0.2, 0.25) is 0 Å². The van der Waals surface area contributed by atoms with Gasteiger partial charge in [-0.15, -0.1) is 0 Å². The molecule has 8 nitrogen and oxygen atoms in total. The molecule has 0 aliphatic carbocycles. The van der Waals surface area contributed by atoms with Crippen molar-refractivity contribution in [3.8, 4) is 5.75 Å². The minimum Gasteiger partial charge on any atom is -0.483 e. The SMILES string of the molecule is CC(C)c1noc(COc2ccc([N+](=O)[O-])cc2CN)n1. The van der Waals surface area contributed by atoms with Gasteiger partial charge in [0.2, 0.25) is 0 Å². The topological polar surface area (TPSA) is 117 Å². The maximum absolute atomic E-state index is 10.7. The second kappa shape index (κ2) is 6.31. The number of non-ortho nitro benzene ring substituents is 1. The lowest BCUT2D eigenvalue weighted by Crippen LogP contribution is -2.04. The molecule has 0 aliphatic rings. The predicted octanol–water partition coefficient (Wildman–Crippen LogP) is 2.14. The van der Waals surface area contributed by atoms with E-state index in [0.29, 0.717) is 23.0 Å². The Morgan fingerprint density at radius 1 is 1.48 bits per heavy atom. The highest BCUT2D eigenvalue weighted by molar-refractivity contribution is 5.43. The van der Waals surface area contributed by atoms with Crippen LogP contribution in [-0.2, 0) is 13.2 Å². The van der Waals surface area contributed by atoms with Crippen LogP contribution in [0, 0.1) is 10.1 Å². The zero-order valence-electron chi connectivity index (χ0n) is 11.8. The van der Waals surface area contributed by atoms with E-state index < -0.39 is 4.92 Å². The summed E-state index contributed by atoms with van der Waals surface area (Å²) in [6, 6.07) is 4.27. The van der Waals surface area contributed by atoms with Gasteiger partial charge < -0.3 is 15.0 Å². The van der Waals surface area contributed by atoms with Crippen molar-refractivity contribution in [3.05, 3.63) is 45.6 Å². The fraction of sp³-hybridized carbons (Fsp3) is 0.385. The van der Waals surface area contributed by atoms with Crippen LogP contribution in [0.5, 0.6) is 5.75 Å². The molecule has 0 aliphatic heterocycles. The Morgan fingerprint density at radius 3 is 2.81 bits per heavy atom. The van der Waals surface area contributed by atoms with Crippen LogP contribution in [0.4, 0.5) is 5.69 Å². The van der Waals surface area contributed by atoms with E-state index in [9.17, 15) is 10.1 Å². The number of ether oxygens (including phenoxy) is 1. The number of nitro benzene ring substituents is 1. The molecular formula is C13H16N4O4. The number of hydrogen-bond acceptors (Lipinski definition) is 7. The van der Waals surface area contributed by atoms with Crippen LogP contribution >= 0.6 is 0 Å². The fourth-order valence-electron chi connectivity index (χ4n) is 1.68. The Hall–Kier alpha value is -2.48. The number of nitro groups is 1. The van der Waals surface area contributed by atoms with Gasteiger partial charge in [-0.3, -0.25) is 10.1 Å². The number of nitrogens with zero attached hydrogens (tertiary/aromatic N) is 3. The van der Waals surface area contributed by atoms with Gasteiger partial charge in [0.15, 0.2) is 12.4 Å². The molecule has 112 valence electrons. The lowest BCUT2D eigenvalue weighted by molar-refractivity contribution is -0.384.